The maximum atomic E-state index is 13.6. The topological polar surface area (TPSA) is 33.3 Å². The number of rotatable bonds is 5. The molecule has 2 rings (SSSR count). The van der Waals surface area contributed by atoms with Crippen LogP contribution < -0.4 is 15.4 Å². The quantitative estimate of drug-likeness (QED) is 0.865. The van der Waals surface area contributed by atoms with E-state index < -0.39 is 0 Å². The number of halogens is 1. The van der Waals surface area contributed by atoms with Gasteiger partial charge in [-0.05, 0) is 44.9 Å². The molecule has 2 atom stereocenters. The summed E-state index contributed by atoms with van der Waals surface area (Å²) in [6.07, 6.45) is 6.22. The van der Waals surface area contributed by atoms with Crippen LogP contribution in [0.5, 0.6) is 5.75 Å². The van der Waals surface area contributed by atoms with Crippen LogP contribution in [0.15, 0.2) is 18.2 Å². The fourth-order valence-corrected chi connectivity index (χ4v) is 2.83. The molecule has 0 saturated carbocycles. The zero-order valence-corrected chi connectivity index (χ0v) is 12.4. The first kappa shape index (κ1) is 15.1. The highest BCUT2D eigenvalue weighted by Crippen LogP contribution is 2.22. The van der Waals surface area contributed by atoms with Gasteiger partial charge in [-0.25, -0.2) is 4.39 Å². The minimum atomic E-state index is -0.322. The lowest BCUT2D eigenvalue weighted by molar-refractivity contribution is 0.386. The Morgan fingerprint density at radius 1 is 1.40 bits per heavy atom. The van der Waals surface area contributed by atoms with Crippen molar-refractivity contribution < 1.29 is 9.13 Å². The minimum absolute atomic E-state index is 0.286. The summed E-state index contributed by atoms with van der Waals surface area (Å²) in [5, 5.41) is 6.96. The average molecular weight is 280 g/mol. The predicted molar refractivity (Wildman–Crippen MR) is 80.9 cm³/mol. The molecule has 0 spiro atoms. The van der Waals surface area contributed by atoms with Crippen molar-refractivity contribution in [2.24, 2.45) is 0 Å². The molecule has 1 heterocycles. The van der Waals surface area contributed by atoms with Crippen LogP contribution in [0, 0.1) is 5.82 Å². The average Bonchev–Trinajstić information content (AvgIpc) is 2.67. The van der Waals surface area contributed by atoms with E-state index in [2.05, 4.69) is 17.6 Å². The fraction of sp³-hybridized carbons (Fsp3) is 0.625. The number of hydrogen-bond donors (Lipinski definition) is 2. The molecule has 2 unspecified atom stereocenters. The Kier molecular flexibility index (Phi) is 5.65. The van der Waals surface area contributed by atoms with Gasteiger partial charge in [0, 0.05) is 23.8 Å². The highest BCUT2D eigenvalue weighted by Gasteiger charge is 2.15. The number of benzene rings is 1. The third kappa shape index (κ3) is 4.37. The monoisotopic (exact) mass is 280 g/mol. The van der Waals surface area contributed by atoms with E-state index in [4.69, 9.17) is 4.74 Å². The molecule has 20 heavy (non-hydrogen) atoms. The van der Waals surface area contributed by atoms with Crippen LogP contribution in [0.1, 0.15) is 39.0 Å². The maximum absolute atomic E-state index is 13.6. The molecule has 0 radical (unpaired) electrons. The molecule has 3 nitrogen and oxygen atoms in total. The van der Waals surface area contributed by atoms with Crippen molar-refractivity contribution in [1.29, 1.82) is 0 Å². The van der Waals surface area contributed by atoms with Gasteiger partial charge in [0.15, 0.2) is 11.6 Å². The third-order valence-corrected chi connectivity index (χ3v) is 3.87. The third-order valence-electron chi connectivity index (χ3n) is 3.87. The van der Waals surface area contributed by atoms with Crippen molar-refractivity contribution >= 4 is 5.69 Å². The summed E-state index contributed by atoms with van der Waals surface area (Å²) in [6.45, 7) is 3.27. The number of hydrogen-bond acceptors (Lipinski definition) is 3. The van der Waals surface area contributed by atoms with Gasteiger partial charge in [-0.1, -0.05) is 12.8 Å². The number of ether oxygens (including phenoxy) is 1. The molecule has 2 N–H and O–H groups in total. The highest BCUT2D eigenvalue weighted by molar-refractivity contribution is 5.47. The van der Waals surface area contributed by atoms with Crippen molar-refractivity contribution in [3.8, 4) is 5.75 Å². The van der Waals surface area contributed by atoms with Crippen LogP contribution in [-0.4, -0.2) is 25.7 Å². The minimum Gasteiger partial charge on any atom is -0.494 e. The first-order chi connectivity index (χ1) is 9.69. The first-order valence-corrected chi connectivity index (χ1v) is 7.52. The van der Waals surface area contributed by atoms with E-state index in [0.717, 1.165) is 18.7 Å². The van der Waals surface area contributed by atoms with E-state index >= 15 is 0 Å². The Balaban J connectivity index is 1.87. The van der Waals surface area contributed by atoms with Gasteiger partial charge in [0.05, 0.1) is 7.11 Å². The van der Waals surface area contributed by atoms with Gasteiger partial charge >= 0.3 is 0 Å². The molecule has 0 aromatic heterocycles. The van der Waals surface area contributed by atoms with Crippen LogP contribution in [0.2, 0.25) is 0 Å². The largest absolute Gasteiger partial charge is 0.494 e. The summed E-state index contributed by atoms with van der Waals surface area (Å²) >= 11 is 0. The van der Waals surface area contributed by atoms with Crippen LogP contribution in [0.3, 0.4) is 0 Å². The van der Waals surface area contributed by atoms with Crippen LogP contribution in [0.25, 0.3) is 0 Å². The second-order valence-electron chi connectivity index (χ2n) is 5.63. The van der Waals surface area contributed by atoms with Gasteiger partial charge in [0.25, 0.3) is 0 Å². The number of methoxy groups -OCH3 is 1. The van der Waals surface area contributed by atoms with E-state index in [1.165, 1.54) is 38.9 Å². The molecule has 1 saturated heterocycles. The maximum Gasteiger partial charge on any atom is 0.167 e. The van der Waals surface area contributed by atoms with Gasteiger partial charge in [0.2, 0.25) is 0 Å². The molecule has 4 heteroatoms. The van der Waals surface area contributed by atoms with Crippen molar-refractivity contribution in [2.75, 3.05) is 19.0 Å². The second-order valence-corrected chi connectivity index (χ2v) is 5.63. The lowest BCUT2D eigenvalue weighted by atomic mass is 10.0. The predicted octanol–water partition coefficient (Wildman–Crippen LogP) is 3.56. The lowest BCUT2D eigenvalue weighted by Gasteiger charge is -2.22. The van der Waals surface area contributed by atoms with Crippen molar-refractivity contribution in [3.63, 3.8) is 0 Å². The van der Waals surface area contributed by atoms with Gasteiger partial charge in [-0.2, -0.15) is 0 Å². The van der Waals surface area contributed by atoms with Crippen molar-refractivity contribution in [2.45, 2.75) is 51.1 Å². The second kappa shape index (κ2) is 7.48. The van der Waals surface area contributed by atoms with Crippen LogP contribution in [-0.2, 0) is 0 Å². The Bertz CT molecular complexity index is 417. The van der Waals surface area contributed by atoms with E-state index in [1.54, 1.807) is 6.07 Å². The smallest absolute Gasteiger partial charge is 0.167 e. The molecule has 1 aliphatic rings. The highest BCUT2D eigenvalue weighted by atomic mass is 19.1. The van der Waals surface area contributed by atoms with E-state index in [9.17, 15) is 4.39 Å². The van der Waals surface area contributed by atoms with Gasteiger partial charge in [-0.3, -0.25) is 0 Å². The normalized spacial score (nSPS) is 21.1. The van der Waals surface area contributed by atoms with Gasteiger partial charge in [0.1, 0.15) is 0 Å². The zero-order chi connectivity index (χ0) is 14.4. The summed E-state index contributed by atoms with van der Waals surface area (Å²) in [5.74, 6) is -0.0362. The van der Waals surface area contributed by atoms with E-state index in [-0.39, 0.29) is 11.6 Å². The van der Waals surface area contributed by atoms with Gasteiger partial charge < -0.3 is 15.4 Å². The summed E-state index contributed by atoms with van der Waals surface area (Å²) in [5.41, 5.74) is 0.810. The molecule has 0 bridgehead atoms. The van der Waals surface area contributed by atoms with E-state index in [0.29, 0.717) is 12.1 Å². The molecule has 1 aliphatic heterocycles. The Morgan fingerprint density at radius 2 is 2.25 bits per heavy atom. The molecule has 1 aromatic rings. The Hall–Kier alpha value is -1.29. The fourth-order valence-electron chi connectivity index (χ4n) is 2.83. The van der Waals surface area contributed by atoms with Gasteiger partial charge in [-0.15, -0.1) is 0 Å². The summed E-state index contributed by atoms with van der Waals surface area (Å²) < 4.78 is 18.6. The van der Waals surface area contributed by atoms with E-state index in [1.807, 2.05) is 6.07 Å². The first-order valence-electron chi connectivity index (χ1n) is 7.52. The molecule has 1 aromatic carbocycles. The molecular weight excluding hydrogens is 255 g/mol. The molecule has 1 fully saturated rings. The molecule has 112 valence electrons. The van der Waals surface area contributed by atoms with Crippen LogP contribution >= 0.6 is 0 Å². The Morgan fingerprint density at radius 3 is 3.00 bits per heavy atom. The van der Waals surface area contributed by atoms with Crippen molar-refractivity contribution in [1.82, 2.24) is 5.32 Å². The molecule has 0 amide bonds. The summed E-state index contributed by atoms with van der Waals surface area (Å²) in [6, 6.07) is 5.91. The van der Waals surface area contributed by atoms with Crippen molar-refractivity contribution in [3.05, 3.63) is 24.0 Å². The zero-order valence-electron chi connectivity index (χ0n) is 12.4. The number of anilines is 1. The van der Waals surface area contributed by atoms with Crippen LogP contribution in [0.4, 0.5) is 10.1 Å². The lowest BCUT2D eigenvalue weighted by Crippen LogP contribution is -2.33. The summed E-state index contributed by atoms with van der Waals surface area (Å²) in [7, 11) is 1.48. The Labute approximate surface area is 120 Å². The molecular formula is C16H25FN2O. The molecule has 0 aliphatic carbocycles. The summed E-state index contributed by atoms with van der Waals surface area (Å²) in [4.78, 5) is 0. The SMILES string of the molecule is COc1ccc(NC(C)CC2CCCCCN2)cc1F. The number of nitrogens with one attached hydrogen (secondary N) is 2. The standard InChI is InChI=1S/C16H25FN2O/c1-12(10-13-6-4-3-5-9-18-13)19-14-7-8-16(20-2)15(17)11-14/h7-8,11-13,18-19H,3-6,9-10H2,1-2H3.